The molecule has 3 nitrogen and oxygen atoms in total. The van der Waals surface area contributed by atoms with Gasteiger partial charge in [0.15, 0.2) is 0 Å². The van der Waals surface area contributed by atoms with Crippen molar-refractivity contribution in [1.82, 2.24) is 9.78 Å². The van der Waals surface area contributed by atoms with Gasteiger partial charge in [0.1, 0.15) is 0 Å². The van der Waals surface area contributed by atoms with Crippen LogP contribution in [0.3, 0.4) is 0 Å². The zero-order valence-corrected chi connectivity index (χ0v) is 12.4. The first-order valence-corrected chi connectivity index (χ1v) is 7.30. The van der Waals surface area contributed by atoms with Crippen molar-refractivity contribution < 1.29 is 5.11 Å². The van der Waals surface area contributed by atoms with Crippen LogP contribution in [0.25, 0.3) is 0 Å². The van der Waals surface area contributed by atoms with Crippen molar-refractivity contribution in [2.75, 3.05) is 0 Å². The predicted octanol–water partition coefficient (Wildman–Crippen LogP) is 2.74. The van der Waals surface area contributed by atoms with E-state index in [1.54, 1.807) is 0 Å². The van der Waals surface area contributed by atoms with Gasteiger partial charge in [-0.2, -0.15) is 5.10 Å². The zero-order chi connectivity index (χ0) is 14.3. The molecule has 0 spiro atoms. The van der Waals surface area contributed by atoms with Crippen LogP contribution >= 0.6 is 0 Å². The first-order valence-electron chi connectivity index (χ1n) is 7.30. The van der Waals surface area contributed by atoms with Gasteiger partial charge in [-0.1, -0.05) is 30.3 Å². The van der Waals surface area contributed by atoms with Crippen LogP contribution < -0.4 is 0 Å². The van der Waals surface area contributed by atoms with E-state index in [2.05, 4.69) is 36.3 Å². The van der Waals surface area contributed by atoms with Gasteiger partial charge in [-0.15, -0.1) is 0 Å². The fraction of sp³-hybridized carbons (Fsp3) is 0.471. The summed E-state index contributed by atoms with van der Waals surface area (Å²) in [6, 6.07) is 10.5. The van der Waals surface area contributed by atoms with Crippen molar-refractivity contribution in [2.24, 2.45) is 13.0 Å². The number of benzene rings is 1. The summed E-state index contributed by atoms with van der Waals surface area (Å²) in [4.78, 5) is 0. The second-order valence-corrected chi connectivity index (χ2v) is 5.96. The number of nitrogens with zero attached hydrogens (tertiary/aromatic N) is 2. The molecule has 0 aliphatic heterocycles. The molecule has 3 heteroatoms. The Bertz CT molecular complexity index is 603. The van der Waals surface area contributed by atoms with E-state index in [-0.39, 0.29) is 6.10 Å². The van der Waals surface area contributed by atoms with Gasteiger partial charge in [-0.25, -0.2) is 0 Å². The second-order valence-electron chi connectivity index (χ2n) is 5.96. The lowest BCUT2D eigenvalue weighted by molar-refractivity contribution is 0.149. The van der Waals surface area contributed by atoms with Crippen LogP contribution in [0.5, 0.6) is 0 Å². The molecule has 2 aromatic rings. The molecule has 0 amide bonds. The highest BCUT2D eigenvalue weighted by Gasteiger charge is 2.43. The first-order chi connectivity index (χ1) is 9.58. The quantitative estimate of drug-likeness (QED) is 0.927. The van der Waals surface area contributed by atoms with Crippen molar-refractivity contribution in [3.63, 3.8) is 0 Å². The highest BCUT2D eigenvalue weighted by atomic mass is 16.3. The smallest absolute Gasteiger partial charge is 0.0629 e. The molecule has 20 heavy (non-hydrogen) atoms. The Balaban J connectivity index is 1.68. The molecule has 1 aromatic carbocycles. The van der Waals surface area contributed by atoms with E-state index in [9.17, 15) is 5.11 Å². The van der Waals surface area contributed by atoms with Crippen LogP contribution in [-0.2, 0) is 13.5 Å². The Labute approximate surface area is 120 Å². The van der Waals surface area contributed by atoms with Gasteiger partial charge in [0.2, 0.25) is 0 Å². The molecule has 3 atom stereocenters. The number of aryl methyl sites for hydroxylation is 2. The molecule has 1 saturated carbocycles. The van der Waals surface area contributed by atoms with Crippen molar-refractivity contribution in [2.45, 2.75) is 38.7 Å². The minimum Gasteiger partial charge on any atom is -0.392 e. The summed E-state index contributed by atoms with van der Waals surface area (Å²) >= 11 is 0. The number of aromatic nitrogens is 2. The summed E-state index contributed by atoms with van der Waals surface area (Å²) < 4.78 is 1.90. The Morgan fingerprint density at radius 1 is 1.30 bits per heavy atom. The summed E-state index contributed by atoms with van der Waals surface area (Å²) in [5.74, 6) is 0.930. The lowest BCUT2D eigenvalue weighted by atomic mass is 10.00. The highest BCUT2D eigenvalue weighted by Crippen LogP contribution is 2.50. The van der Waals surface area contributed by atoms with Gasteiger partial charge in [-0.3, -0.25) is 4.68 Å². The zero-order valence-electron chi connectivity index (χ0n) is 12.4. The van der Waals surface area contributed by atoms with Crippen molar-refractivity contribution in [3.05, 3.63) is 52.8 Å². The van der Waals surface area contributed by atoms with Crippen LogP contribution in [0.15, 0.2) is 30.3 Å². The van der Waals surface area contributed by atoms with E-state index in [0.29, 0.717) is 11.8 Å². The summed E-state index contributed by atoms with van der Waals surface area (Å²) in [7, 11) is 1.96. The van der Waals surface area contributed by atoms with Crippen molar-refractivity contribution in [1.29, 1.82) is 0 Å². The van der Waals surface area contributed by atoms with Gasteiger partial charge in [0, 0.05) is 19.2 Å². The van der Waals surface area contributed by atoms with E-state index in [0.717, 1.165) is 18.5 Å². The van der Waals surface area contributed by atoms with E-state index < -0.39 is 0 Å². The number of hydrogen-bond acceptors (Lipinski definition) is 2. The first kappa shape index (κ1) is 13.4. The molecule has 1 aromatic heterocycles. The van der Waals surface area contributed by atoms with Crippen LogP contribution in [0.4, 0.5) is 0 Å². The molecule has 0 radical (unpaired) electrons. The third-order valence-corrected chi connectivity index (χ3v) is 4.63. The van der Waals surface area contributed by atoms with E-state index in [1.807, 2.05) is 24.7 Å². The fourth-order valence-corrected chi connectivity index (χ4v) is 3.20. The third-order valence-electron chi connectivity index (χ3n) is 4.63. The topological polar surface area (TPSA) is 38.0 Å². The van der Waals surface area contributed by atoms with Gasteiger partial charge in [0.25, 0.3) is 0 Å². The van der Waals surface area contributed by atoms with Crippen molar-refractivity contribution in [3.8, 4) is 0 Å². The molecule has 1 aliphatic carbocycles. The van der Waals surface area contributed by atoms with Crippen molar-refractivity contribution >= 4 is 0 Å². The maximum atomic E-state index is 10.5. The SMILES string of the molecule is Cc1nn(C)c(C)c1CC(O)C1CC1c1ccccc1. The molecule has 106 valence electrons. The molecule has 0 bridgehead atoms. The maximum Gasteiger partial charge on any atom is 0.0629 e. The maximum absolute atomic E-state index is 10.5. The lowest BCUT2D eigenvalue weighted by Gasteiger charge is -2.11. The third kappa shape index (κ3) is 2.38. The molecule has 1 N–H and O–H groups in total. The Kier molecular flexibility index (Phi) is 3.38. The number of aliphatic hydroxyl groups is 1. The number of aliphatic hydroxyl groups excluding tert-OH is 1. The summed E-state index contributed by atoms with van der Waals surface area (Å²) in [5.41, 5.74) is 4.77. The second kappa shape index (κ2) is 5.06. The van der Waals surface area contributed by atoms with E-state index in [4.69, 9.17) is 0 Å². The number of hydrogen-bond donors (Lipinski definition) is 1. The van der Waals surface area contributed by atoms with Gasteiger partial charge < -0.3 is 5.11 Å². The lowest BCUT2D eigenvalue weighted by Crippen LogP contribution is -2.15. The molecular formula is C17H22N2O. The average molecular weight is 270 g/mol. The van der Waals surface area contributed by atoms with E-state index >= 15 is 0 Å². The number of rotatable bonds is 4. The fourth-order valence-electron chi connectivity index (χ4n) is 3.20. The van der Waals surface area contributed by atoms with Crippen LogP contribution in [-0.4, -0.2) is 21.0 Å². The minimum absolute atomic E-state index is 0.262. The molecule has 3 unspecified atom stereocenters. The molecule has 3 rings (SSSR count). The Morgan fingerprint density at radius 2 is 2.00 bits per heavy atom. The molecule has 1 heterocycles. The Hall–Kier alpha value is -1.61. The molecule has 1 fully saturated rings. The van der Waals surface area contributed by atoms with Crippen LogP contribution in [0.2, 0.25) is 0 Å². The normalized spacial score (nSPS) is 22.8. The average Bonchev–Trinajstić information content (AvgIpc) is 3.20. The summed E-state index contributed by atoms with van der Waals surface area (Å²) in [6.07, 6.45) is 1.56. The standard InChI is InChI=1S/C17H22N2O/c1-11-14(12(2)19(3)18-11)10-17(20)16-9-15(16)13-7-5-4-6-8-13/h4-8,15-17,20H,9-10H2,1-3H3. The minimum atomic E-state index is -0.262. The highest BCUT2D eigenvalue weighted by molar-refractivity contribution is 5.29. The van der Waals surface area contributed by atoms with E-state index in [1.165, 1.54) is 16.8 Å². The van der Waals surface area contributed by atoms with Gasteiger partial charge in [0.05, 0.1) is 11.8 Å². The van der Waals surface area contributed by atoms with Gasteiger partial charge in [-0.05, 0) is 43.2 Å². The largest absolute Gasteiger partial charge is 0.392 e. The molecule has 0 saturated heterocycles. The monoisotopic (exact) mass is 270 g/mol. The molecular weight excluding hydrogens is 248 g/mol. The Morgan fingerprint density at radius 3 is 2.60 bits per heavy atom. The van der Waals surface area contributed by atoms with Crippen LogP contribution in [0.1, 0.15) is 34.9 Å². The van der Waals surface area contributed by atoms with Crippen LogP contribution in [0, 0.1) is 19.8 Å². The predicted molar refractivity (Wildman–Crippen MR) is 79.7 cm³/mol. The summed E-state index contributed by atoms with van der Waals surface area (Å²) in [6.45, 7) is 4.10. The van der Waals surface area contributed by atoms with Gasteiger partial charge >= 0.3 is 0 Å². The molecule has 1 aliphatic rings. The summed E-state index contributed by atoms with van der Waals surface area (Å²) in [5, 5.41) is 14.9.